The van der Waals surface area contributed by atoms with Crippen molar-refractivity contribution < 1.29 is 14.5 Å². The number of hydrogen-bond acceptors (Lipinski definition) is 5. The number of ether oxygens (including phenoxy) is 1. The third kappa shape index (κ3) is 4.91. The van der Waals surface area contributed by atoms with Crippen LogP contribution in [0.5, 0.6) is 0 Å². The van der Waals surface area contributed by atoms with E-state index in [4.69, 9.17) is 16.3 Å². The van der Waals surface area contributed by atoms with Crippen molar-refractivity contribution in [1.29, 1.82) is 0 Å². The van der Waals surface area contributed by atoms with Gasteiger partial charge in [-0.1, -0.05) is 17.7 Å². The van der Waals surface area contributed by atoms with Gasteiger partial charge in [-0.15, -0.1) is 0 Å². The maximum atomic E-state index is 12.6. The highest BCUT2D eigenvalue weighted by molar-refractivity contribution is 6.34. The number of nitro groups is 1. The van der Waals surface area contributed by atoms with Gasteiger partial charge in [0, 0.05) is 31.5 Å². The summed E-state index contributed by atoms with van der Waals surface area (Å²) >= 11 is 6.13. The van der Waals surface area contributed by atoms with E-state index in [-0.39, 0.29) is 11.3 Å². The Bertz CT molecular complexity index is 795. The highest BCUT2D eigenvalue weighted by Crippen LogP contribution is 2.26. The Balaban J connectivity index is 2.31. The van der Waals surface area contributed by atoms with Crippen molar-refractivity contribution >= 4 is 34.6 Å². The number of non-ortho nitro benzene ring substituents is 1. The number of nitro benzene ring substituents is 1. The van der Waals surface area contributed by atoms with Crippen LogP contribution in [0.3, 0.4) is 0 Å². The van der Waals surface area contributed by atoms with E-state index in [0.29, 0.717) is 29.5 Å². The van der Waals surface area contributed by atoms with Crippen molar-refractivity contribution in [1.82, 2.24) is 0 Å². The summed E-state index contributed by atoms with van der Waals surface area (Å²) in [5.74, 6) is -0.491. The fourth-order valence-electron chi connectivity index (χ4n) is 2.19. The van der Waals surface area contributed by atoms with Crippen LogP contribution in [0, 0.1) is 17.0 Å². The summed E-state index contributed by atoms with van der Waals surface area (Å²) in [6, 6.07) is 9.29. The first kappa shape index (κ1) is 18.7. The minimum atomic E-state index is -0.547. The van der Waals surface area contributed by atoms with Gasteiger partial charge in [0.25, 0.3) is 11.6 Å². The van der Waals surface area contributed by atoms with Gasteiger partial charge in [0.15, 0.2) is 0 Å². The lowest BCUT2D eigenvalue weighted by atomic mass is 10.1. The Morgan fingerprint density at radius 3 is 2.60 bits per heavy atom. The lowest BCUT2D eigenvalue weighted by Crippen LogP contribution is -2.17. The van der Waals surface area contributed by atoms with E-state index in [1.807, 2.05) is 13.0 Å². The highest BCUT2D eigenvalue weighted by atomic mass is 35.5. The molecule has 25 heavy (non-hydrogen) atoms. The van der Waals surface area contributed by atoms with E-state index in [1.165, 1.54) is 18.2 Å². The van der Waals surface area contributed by atoms with Crippen LogP contribution >= 0.6 is 11.6 Å². The number of benzene rings is 2. The molecule has 2 aromatic rings. The molecule has 132 valence electrons. The number of methoxy groups -OCH3 is 1. The topological polar surface area (TPSA) is 93.5 Å². The van der Waals surface area contributed by atoms with Crippen LogP contribution in [0.4, 0.5) is 17.1 Å². The second kappa shape index (κ2) is 8.46. The van der Waals surface area contributed by atoms with Gasteiger partial charge in [-0.2, -0.15) is 0 Å². The molecule has 2 aromatic carbocycles. The molecule has 0 saturated carbocycles. The zero-order valence-corrected chi connectivity index (χ0v) is 14.6. The molecule has 1 amide bonds. The summed E-state index contributed by atoms with van der Waals surface area (Å²) in [5, 5.41) is 17.1. The van der Waals surface area contributed by atoms with Gasteiger partial charge in [0.05, 0.1) is 27.8 Å². The van der Waals surface area contributed by atoms with Crippen molar-refractivity contribution in [2.75, 3.05) is 30.9 Å². The number of amides is 1. The molecule has 0 fully saturated rings. The third-order valence-electron chi connectivity index (χ3n) is 3.45. The maximum absolute atomic E-state index is 12.6. The second-order valence-corrected chi connectivity index (χ2v) is 5.75. The van der Waals surface area contributed by atoms with E-state index >= 15 is 0 Å². The molecule has 0 aliphatic heterocycles. The molecule has 0 aliphatic carbocycles. The summed E-state index contributed by atoms with van der Waals surface area (Å²) in [6.07, 6.45) is 0. The van der Waals surface area contributed by atoms with Crippen LogP contribution in [0.25, 0.3) is 0 Å². The van der Waals surface area contributed by atoms with E-state index in [1.54, 1.807) is 19.2 Å². The summed E-state index contributed by atoms with van der Waals surface area (Å²) < 4.78 is 4.96. The molecule has 0 bridgehead atoms. The van der Waals surface area contributed by atoms with Gasteiger partial charge < -0.3 is 15.4 Å². The summed E-state index contributed by atoms with van der Waals surface area (Å²) in [5.41, 5.74) is 1.86. The van der Waals surface area contributed by atoms with Crippen molar-refractivity contribution in [3.63, 3.8) is 0 Å². The Hall–Kier alpha value is -2.64. The molecule has 0 heterocycles. The number of rotatable bonds is 7. The van der Waals surface area contributed by atoms with Gasteiger partial charge in [-0.05, 0) is 30.7 Å². The highest BCUT2D eigenvalue weighted by Gasteiger charge is 2.17. The van der Waals surface area contributed by atoms with Gasteiger partial charge in [0.1, 0.15) is 0 Å². The number of anilines is 2. The first-order valence-corrected chi connectivity index (χ1v) is 7.89. The van der Waals surface area contributed by atoms with Crippen LogP contribution < -0.4 is 10.6 Å². The van der Waals surface area contributed by atoms with Gasteiger partial charge >= 0.3 is 0 Å². The first-order valence-electron chi connectivity index (χ1n) is 7.51. The van der Waals surface area contributed by atoms with Crippen molar-refractivity contribution in [2.24, 2.45) is 0 Å². The molecule has 2 rings (SSSR count). The Morgan fingerprint density at radius 2 is 1.96 bits per heavy atom. The van der Waals surface area contributed by atoms with Crippen LogP contribution in [-0.2, 0) is 4.74 Å². The van der Waals surface area contributed by atoms with Crippen LogP contribution in [0.1, 0.15) is 15.9 Å². The van der Waals surface area contributed by atoms with Gasteiger partial charge in [-0.25, -0.2) is 0 Å². The van der Waals surface area contributed by atoms with Crippen molar-refractivity contribution in [2.45, 2.75) is 6.92 Å². The fourth-order valence-corrected chi connectivity index (χ4v) is 2.47. The normalized spacial score (nSPS) is 10.4. The standard InChI is InChI=1S/C17H18ClN3O4/c1-11-3-5-16(14(18)9-11)20-17(22)13-10-12(21(23)24)4-6-15(13)19-7-8-25-2/h3-6,9-10,19H,7-8H2,1-2H3,(H,20,22). The third-order valence-corrected chi connectivity index (χ3v) is 3.77. The SMILES string of the molecule is COCCNc1ccc([N+](=O)[O-])cc1C(=O)Nc1ccc(C)cc1Cl. The summed E-state index contributed by atoms with van der Waals surface area (Å²) in [4.78, 5) is 23.1. The Morgan fingerprint density at radius 1 is 1.24 bits per heavy atom. The molecule has 8 heteroatoms. The maximum Gasteiger partial charge on any atom is 0.270 e. The number of carbonyl (C=O) groups is 1. The number of aryl methyl sites for hydroxylation is 1. The Kier molecular flexibility index (Phi) is 6.32. The molecule has 0 aliphatic rings. The molecular formula is C17H18ClN3O4. The van der Waals surface area contributed by atoms with E-state index in [2.05, 4.69) is 10.6 Å². The minimum absolute atomic E-state index is 0.155. The number of halogens is 1. The second-order valence-electron chi connectivity index (χ2n) is 5.34. The van der Waals surface area contributed by atoms with Crippen LogP contribution in [0.2, 0.25) is 5.02 Å². The molecule has 0 spiro atoms. The zero-order chi connectivity index (χ0) is 18.4. The summed E-state index contributed by atoms with van der Waals surface area (Å²) in [7, 11) is 1.56. The molecule has 0 radical (unpaired) electrons. The van der Waals surface area contributed by atoms with Crippen molar-refractivity contribution in [3.8, 4) is 0 Å². The lowest BCUT2D eigenvalue weighted by molar-refractivity contribution is -0.384. The molecule has 2 N–H and O–H groups in total. The average Bonchev–Trinajstić information content (AvgIpc) is 2.57. The quantitative estimate of drug-likeness (QED) is 0.442. The number of carbonyl (C=O) groups excluding carboxylic acids is 1. The molecule has 0 aromatic heterocycles. The van der Waals surface area contributed by atoms with E-state index in [0.717, 1.165) is 5.56 Å². The van der Waals surface area contributed by atoms with Gasteiger partial charge in [-0.3, -0.25) is 14.9 Å². The monoisotopic (exact) mass is 363 g/mol. The molecule has 0 unspecified atom stereocenters. The van der Waals surface area contributed by atoms with E-state index < -0.39 is 10.8 Å². The van der Waals surface area contributed by atoms with Gasteiger partial charge in [0.2, 0.25) is 0 Å². The molecule has 7 nitrogen and oxygen atoms in total. The predicted molar refractivity (Wildman–Crippen MR) is 97.6 cm³/mol. The average molecular weight is 364 g/mol. The molecular weight excluding hydrogens is 346 g/mol. The van der Waals surface area contributed by atoms with Crippen LogP contribution in [-0.4, -0.2) is 31.1 Å². The largest absolute Gasteiger partial charge is 0.383 e. The fraction of sp³-hybridized carbons (Fsp3) is 0.235. The number of nitrogens with one attached hydrogen (secondary N) is 2. The van der Waals surface area contributed by atoms with E-state index in [9.17, 15) is 14.9 Å². The van der Waals surface area contributed by atoms with Crippen molar-refractivity contribution in [3.05, 3.63) is 62.7 Å². The zero-order valence-electron chi connectivity index (χ0n) is 13.8. The predicted octanol–water partition coefficient (Wildman–Crippen LogP) is 3.87. The molecule has 0 saturated heterocycles. The Labute approximate surface area is 150 Å². The summed E-state index contributed by atoms with van der Waals surface area (Å²) in [6.45, 7) is 2.78. The van der Waals surface area contributed by atoms with Crippen LogP contribution in [0.15, 0.2) is 36.4 Å². The number of nitrogens with zero attached hydrogens (tertiary/aromatic N) is 1. The first-order chi connectivity index (χ1) is 11.9. The molecule has 0 atom stereocenters. The minimum Gasteiger partial charge on any atom is -0.383 e. The lowest BCUT2D eigenvalue weighted by Gasteiger charge is -2.13. The smallest absolute Gasteiger partial charge is 0.270 e. The number of hydrogen-bond donors (Lipinski definition) is 2.